The van der Waals surface area contributed by atoms with Gasteiger partial charge < -0.3 is 20.4 Å². The minimum atomic E-state index is -2.61. The van der Waals surface area contributed by atoms with Crippen LogP contribution in [0.1, 0.15) is 21.5 Å². The second kappa shape index (κ2) is 5.69. The third-order valence-corrected chi connectivity index (χ3v) is 4.52. The maximum atomic E-state index is 11.7. The smallest absolute Gasteiger partial charge is 0.335 e. The molecular formula is C18H12O8. The molecule has 0 saturated heterocycles. The fraction of sp³-hybridized carbons (Fsp3) is 0.111. The Morgan fingerprint density at radius 1 is 0.808 bits per heavy atom. The van der Waals surface area contributed by atoms with E-state index in [0.717, 1.165) is 6.08 Å². The first-order valence-corrected chi connectivity index (χ1v) is 7.39. The van der Waals surface area contributed by atoms with Crippen LogP contribution in [0.25, 0.3) is 16.8 Å². The van der Waals surface area contributed by atoms with Crippen LogP contribution >= 0.6 is 0 Å². The van der Waals surface area contributed by atoms with Crippen LogP contribution in [0.4, 0.5) is 0 Å². The summed E-state index contributed by atoms with van der Waals surface area (Å²) < 4.78 is 0. The van der Waals surface area contributed by atoms with Crippen LogP contribution in [0.2, 0.25) is 0 Å². The van der Waals surface area contributed by atoms with E-state index >= 15 is 0 Å². The topological polar surface area (TPSA) is 149 Å². The molecule has 0 unspecified atom stereocenters. The van der Waals surface area contributed by atoms with Crippen molar-refractivity contribution >= 4 is 40.7 Å². The molecule has 26 heavy (non-hydrogen) atoms. The summed E-state index contributed by atoms with van der Waals surface area (Å²) >= 11 is 0. The van der Waals surface area contributed by atoms with Gasteiger partial charge >= 0.3 is 23.9 Å². The van der Waals surface area contributed by atoms with Crippen LogP contribution in [-0.2, 0) is 20.8 Å². The standard InChI is InChI=1S/C18H12O8/c19-14(20)9-2-1-8-3-11-6-13(15(21)22)18(16(23)24,17(25)26)7-12(11)5-10(8)4-9/h1-6H,7H2,(H,19,20)(H,21,22)(H,23,24)(H,25,26). The van der Waals surface area contributed by atoms with E-state index in [0.29, 0.717) is 21.9 Å². The molecule has 0 amide bonds. The number of fused-ring (bicyclic) bond motifs is 2. The fourth-order valence-electron chi connectivity index (χ4n) is 3.16. The Bertz CT molecular complexity index is 1020. The highest BCUT2D eigenvalue weighted by atomic mass is 16.4. The molecule has 3 rings (SSSR count). The maximum Gasteiger partial charge on any atom is 0.335 e. The highest BCUT2D eigenvalue weighted by molar-refractivity contribution is 6.14. The molecule has 0 fully saturated rings. The Hall–Kier alpha value is -3.68. The van der Waals surface area contributed by atoms with Gasteiger partial charge in [-0.25, -0.2) is 9.59 Å². The number of hydrogen-bond donors (Lipinski definition) is 4. The van der Waals surface area contributed by atoms with Gasteiger partial charge in [0.1, 0.15) is 0 Å². The van der Waals surface area contributed by atoms with Crippen molar-refractivity contribution in [3.8, 4) is 0 Å². The van der Waals surface area contributed by atoms with E-state index in [1.54, 1.807) is 12.1 Å². The number of aliphatic carboxylic acids is 3. The van der Waals surface area contributed by atoms with Gasteiger partial charge in [-0.2, -0.15) is 0 Å². The number of benzene rings is 2. The van der Waals surface area contributed by atoms with Crippen LogP contribution in [0.15, 0.2) is 35.9 Å². The molecule has 4 N–H and O–H groups in total. The van der Waals surface area contributed by atoms with Crippen molar-refractivity contribution in [2.75, 3.05) is 0 Å². The van der Waals surface area contributed by atoms with Gasteiger partial charge in [0.05, 0.1) is 11.1 Å². The Morgan fingerprint density at radius 3 is 2.00 bits per heavy atom. The molecule has 8 heteroatoms. The van der Waals surface area contributed by atoms with E-state index < -0.39 is 41.3 Å². The quantitative estimate of drug-likeness (QED) is 0.605. The maximum absolute atomic E-state index is 11.7. The Balaban J connectivity index is 2.29. The van der Waals surface area contributed by atoms with Crippen molar-refractivity contribution in [1.82, 2.24) is 0 Å². The summed E-state index contributed by atoms with van der Waals surface area (Å²) in [5.41, 5.74) is -2.62. The molecule has 0 saturated carbocycles. The number of rotatable bonds is 4. The van der Waals surface area contributed by atoms with Crippen LogP contribution in [0.3, 0.4) is 0 Å². The lowest BCUT2D eigenvalue weighted by molar-refractivity contribution is -0.164. The summed E-state index contributed by atoms with van der Waals surface area (Å²) in [6, 6.07) is 7.39. The summed E-state index contributed by atoms with van der Waals surface area (Å²) in [7, 11) is 0. The lowest BCUT2D eigenvalue weighted by Crippen LogP contribution is -2.46. The number of aromatic carboxylic acids is 1. The monoisotopic (exact) mass is 356 g/mol. The van der Waals surface area contributed by atoms with Gasteiger partial charge in [-0.05, 0) is 46.2 Å². The molecule has 0 bridgehead atoms. The van der Waals surface area contributed by atoms with Crippen molar-refractivity contribution in [2.24, 2.45) is 5.41 Å². The van der Waals surface area contributed by atoms with E-state index in [4.69, 9.17) is 5.11 Å². The molecule has 1 aliphatic carbocycles. The zero-order chi connectivity index (χ0) is 19.2. The first kappa shape index (κ1) is 17.2. The molecule has 1 aliphatic rings. The Labute approximate surface area is 145 Å². The summed E-state index contributed by atoms with van der Waals surface area (Å²) in [5, 5.41) is 38.5. The zero-order valence-corrected chi connectivity index (χ0v) is 13.1. The average molecular weight is 356 g/mol. The van der Waals surface area contributed by atoms with Crippen LogP contribution in [-0.4, -0.2) is 44.3 Å². The number of carbonyl (C=O) groups is 4. The normalized spacial score (nSPS) is 15.0. The van der Waals surface area contributed by atoms with Crippen molar-refractivity contribution in [2.45, 2.75) is 6.42 Å². The second-order valence-electron chi connectivity index (χ2n) is 5.97. The summed E-state index contributed by atoms with van der Waals surface area (Å²) in [4.78, 5) is 46.0. The van der Waals surface area contributed by atoms with Crippen LogP contribution < -0.4 is 0 Å². The molecule has 8 nitrogen and oxygen atoms in total. The highest BCUT2D eigenvalue weighted by Crippen LogP contribution is 2.41. The van der Waals surface area contributed by atoms with Gasteiger partial charge in [0.15, 0.2) is 0 Å². The third-order valence-electron chi connectivity index (χ3n) is 4.52. The first-order valence-electron chi connectivity index (χ1n) is 7.39. The average Bonchev–Trinajstić information content (AvgIpc) is 2.57. The molecule has 0 aromatic heterocycles. The third kappa shape index (κ3) is 2.39. The summed E-state index contributed by atoms with van der Waals surface area (Å²) in [5.74, 6) is -6.31. The van der Waals surface area contributed by atoms with Gasteiger partial charge in [0.25, 0.3) is 0 Å². The molecule has 2 aromatic rings. The van der Waals surface area contributed by atoms with Gasteiger partial charge in [-0.3, -0.25) is 9.59 Å². The Kier molecular flexibility index (Phi) is 3.76. The van der Waals surface area contributed by atoms with Crippen molar-refractivity contribution in [3.63, 3.8) is 0 Å². The van der Waals surface area contributed by atoms with E-state index in [1.807, 2.05) is 0 Å². The van der Waals surface area contributed by atoms with Crippen molar-refractivity contribution in [3.05, 3.63) is 52.6 Å². The van der Waals surface area contributed by atoms with Crippen LogP contribution in [0.5, 0.6) is 0 Å². The number of hydrogen-bond acceptors (Lipinski definition) is 4. The molecule has 0 heterocycles. The number of carboxylic acids is 4. The minimum Gasteiger partial charge on any atom is -0.480 e. The first-order chi connectivity index (χ1) is 12.2. The summed E-state index contributed by atoms with van der Waals surface area (Å²) in [6.45, 7) is 0. The Morgan fingerprint density at radius 2 is 1.46 bits per heavy atom. The van der Waals surface area contributed by atoms with E-state index in [2.05, 4.69) is 0 Å². The molecule has 132 valence electrons. The SMILES string of the molecule is O=C(O)C1=Cc2cc3ccc(C(=O)O)cc3cc2CC1(C(=O)O)C(=O)O. The van der Waals surface area contributed by atoms with E-state index in [1.165, 1.54) is 18.2 Å². The van der Waals surface area contributed by atoms with Crippen molar-refractivity contribution in [1.29, 1.82) is 0 Å². The predicted molar refractivity (Wildman–Crippen MR) is 87.9 cm³/mol. The molecular weight excluding hydrogens is 344 g/mol. The lowest BCUT2D eigenvalue weighted by atomic mass is 9.70. The van der Waals surface area contributed by atoms with Crippen molar-refractivity contribution < 1.29 is 39.6 Å². The van der Waals surface area contributed by atoms with Gasteiger partial charge in [0, 0.05) is 6.42 Å². The minimum absolute atomic E-state index is 0.0257. The van der Waals surface area contributed by atoms with E-state index in [-0.39, 0.29) is 5.56 Å². The van der Waals surface area contributed by atoms with Gasteiger partial charge in [-0.1, -0.05) is 12.1 Å². The van der Waals surface area contributed by atoms with Crippen LogP contribution in [0, 0.1) is 5.41 Å². The largest absolute Gasteiger partial charge is 0.480 e. The zero-order valence-electron chi connectivity index (χ0n) is 13.1. The molecule has 0 aliphatic heterocycles. The highest BCUT2D eigenvalue weighted by Gasteiger charge is 2.54. The van der Waals surface area contributed by atoms with E-state index in [9.17, 15) is 34.5 Å². The molecule has 0 atom stereocenters. The second-order valence-corrected chi connectivity index (χ2v) is 5.97. The van der Waals surface area contributed by atoms with Gasteiger partial charge in [0.2, 0.25) is 5.41 Å². The molecule has 2 aromatic carbocycles. The molecule has 0 radical (unpaired) electrons. The molecule has 0 spiro atoms. The van der Waals surface area contributed by atoms with Gasteiger partial charge in [-0.15, -0.1) is 0 Å². The lowest BCUT2D eigenvalue weighted by Gasteiger charge is -2.30. The predicted octanol–water partition coefficient (Wildman–Crippen LogP) is 1.72. The number of carboxylic acid groups (broad SMARTS) is 4. The fourth-order valence-corrected chi connectivity index (χ4v) is 3.16. The summed E-state index contributed by atoms with van der Waals surface area (Å²) in [6.07, 6.45) is 0.492.